The number of ether oxygens (including phenoxy) is 1. The van der Waals surface area contributed by atoms with Gasteiger partial charge in [-0.25, -0.2) is 4.98 Å². The number of rotatable bonds is 4. The zero-order chi connectivity index (χ0) is 16.4. The van der Waals surface area contributed by atoms with Crippen molar-refractivity contribution in [1.82, 2.24) is 9.88 Å². The van der Waals surface area contributed by atoms with Crippen LogP contribution in [0.3, 0.4) is 0 Å². The molecule has 0 radical (unpaired) electrons. The quantitative estimate of drug-likeness (QED) is 0.801. The third-order valence-electron chi connectivity index (χ3n) is 3.78. The Kier molecular flexibility index (Phi) is 4.30. The SMILES string of the molecule is Bc1ccc(OC2CN(Cc3ccc(C(F)(F)F)cc3)C2)nc1. The van der Waals surface area contributed by atoms with E-state index in [1.54, 1.807) is 6.20 Å². The fourth-order valence-corrected chi connectivity index (χ4v) is 2.48. The number of aromatic nitrogens is 1. The van der Waals surface area contributed by atoms with E-state index in [0.717, 1.165) is 36.2 Å². The molecule has 2 aromatic rings. The number of hydrogen-bond acceptors (Lipinski definition) is 3. The standard InChI is InChI=1S/C16H16BF3N2O/c17-13-5-6-15(21-7-13)23-14-9-22(10-14)8-11-1-3-12(4-2-11)16(18,19)20/h1-7,14H,8-10,17H2. The van der Waals surface area contributed by atoms with Crippen molar-refractivity contribution in [2.24, 2.45) is 0 Å². The highest BCUT2D eigenvalue weighted by molar-refractivity contribution is 6.32. The first kappa shape index (κ1) is 15.9. The predicted molar refractivity (Wildman–Crippen MR) is 83.6 cm³/mol. The molecule has 0 N–H and O–H groups in total. The minimum atomic E-state index is -4.28. The first-order chi connectivity index (χ1) is 10.9. The summed E-state index contributed by atoms with van der Waals surface area (Å²) in [6.07, 6.45) is -2.44. The van der Waals surface area contributed by atoms with Crippen molar-refractivity contribution in [2.75, 3.05) is 13.1 Å². The Morgan fingerprint density at radius 1 is 1.13 bits per heavy atom. The van der Waals surface area contributed by atoms with Gasteiger partial charge in [0.15, 0.2) is 0 Å². The van der Waals surface area contributed by atoms with Gasteiger partial charge in [-0.05, 0) is 23.8 Å². The molecule has 23 heavy (non-hydrogen) atoms. The summed E-state index contributed by atoms with van der Waals surface area (Å²) in [4.78, 5) is 6.32. The van der Waals surface area contributed by atoms with Crippen LogP contribution in [0, 0.1) is 0 Å². The molecule has 1 aromatic carbocycles. The fourth-order valence-electron chi connectivity index (χ4n) is 2.48. The molecular formula is C16H16BF3N2O. The van der Waals surface area contributed by atoms with Crippen LogP contribution < -0.4 is 10.2 Å². The lowest BCUT2D eigenvalue weighted by molar-refractivity contribution is -0.137. The van der Waals surface area contributed by atoms with Crippen molar-refractivity contribution in [3.05, 3.63) is 53.7 Å². The van der Waals surface area contributed by atoms with Crippen molar-refractivity contribution >= 4 is 13.3 Å². The highest BCUT2D eigenvalue weighted by Gasteiger charge is 2.31. The smallest absolute Gasteiger partial charge is 0.416 e. The van der Waals surface area contributed by atoms with Crippen LogP contribution >= 0.6 is 0 Å². The van der Waals surface area contributed by atoms with Crippen molar-refractivity contribution in [2.45, 2.75) is 18.8 Å². The molecule has 2 heterocycles. The van der Waals surface area contributed by atoms with Gasteiger partial charge in [-0.15, -0.1) is 0 Å². The van der Waals surface area contributed by atoms with Crippen LogP contribution in [-0.2, 0) is 12.7 Å². The van der Waals surface area contributed by atoms with Gasteiger partial charge in [0.1, 0.15) is 14.0 Å². The van der Waals surface area contributed by atoms with E-state index in [2.05, 4.69) is 9.88 Å². The third-order valence-corrected chi connectivity index (χ3v) is 3.78. The number of hydrogen-bond donors (Lipinski definition) is 0. The average molecular weight is 320 g/mol. The van der Waals surface area contributed by atoms with Crippen LogP contribution in [0.15, 0.2) is 42.6 Å². The van der Waals surface area contributed by atoms with E-state index >= 15 is 0 Å². The molecule has 0 saturated carbocycles. The molecule has 0 unspecified atom stereocenters. The number of halogens is 3. The lowest BCUT2D eigenvalue weighted by Crippen LogP contribution is -2.53. The number of pyridine rings is 1. The normalized spacial score (nSPS) is 16.1. The van der Waals surface area contributed by atoms with Crippen molar-refractivity contribution in [3.63, 3.8) is 0 Å². The maximum absolute atomic E-state index is 12.5. The van der Waals surface area contributed by atoms with Crippen LogP contribution in [0.4, 0.5) is 13.2 Å². The summed E-state index contributed by atoms with van der Waals surface area (Å²) in [5, 5.41) is 0. The summed E-state index contributed by atoms with van der Waals surface area (Å²) in [5.74, 6) is 0.606. The number of benzene rings is 1. The highest BCUT2D eigenvalue weighted by Crippen LogP contribution is 2.29. The molecule has 0 aliphatic carbocycles. The van der Waals surface area contributed by atoms with Gasteiger partial charge in [-0.2, -0.15) is 13.2 Å². The van der Waals surface area contributed by atoms with Crippen molar-refractivity contribution in [3.8, 4) is 5.88 Å². The maximum Gasteiger partial charge on any atom is 0.416 e. The molecule has 0 amide bonds. The van der Waals surface area contributed by atoms with E-state index in [-0.39, 0.29) is 6.10 Å². The van der Waals surface area contributed by atoms with Crippen molar-refractivity contribution < 1.29 is 17.9 Å². The number of likely N-dealkylation sites (tertiary alicyclic amines) is 1. The van der Waals surface area contributed by atoms with E-state index in [1.165, 1.54) is 12.1 Å². The van der Waals surface area contributed by atoms with Gasteiger partial charge in [-0.3, -0.25) is 4.90 Å². The number of alkyl halides is 3. The highest BCUT2D eigenvalue weighted by atomic mass is 19.4. The first-order valence-electron chi connectivity index (χ1n) is 7.38. The van der Waals surface area contributed by atoms with E-state index in [1.807, 2.05) is 20.0 Å². The molecule has 1 aromatic heterocycles. The van der Waals surface area contributed by atoms with Crippen LogP contribution in [-0.4, -0.2) is 36.9 Å². The minimum Gasteiger partial charge on any atom is -0.472 e. The number of nitrogens with zero attached hydrogens (tertiary/aromatic N) is 2. The summed E-state index contributed by atoms with van der Waals surface area (Å²) in [6.45, 7) is 2.12. The van der Waals surface area contributed by atoms with E-state index < -0.39 is 11.7 Å². The molecule has 3 nitrogen and oxygen atoms in total. The topological polar surface area (TPSA) is 25.4 Å². The lowest BCUT2D eigenvalue weighted by atomic mass is 9.99. The second-order valence-corrected chi connectivity index (χ2v) is 5.80. The average Bonchev–Trinajstić information content (AvgIpc) is 2.47. The zero-order valence-corrected chi connectivity index (χ0v) is 12.7. The zero-order valence-electron chi connectivity index (χ0n) is 12.7. The lowest BCUT2D eigenvalue weighted by Gasteiger charge is -2.38. The molecule has 0 spiro atoms. The third kappa shape index (κ3) is 4.04. The monoisotopic (exact) mass is 320 g/mol. The Morgan fingerprint density at radius 2 is 1.83 bits per heavy atom. The molecule has 0 bridgehead atoms. The molecule has 1 aliphatic heterocycles. The van der Waals surface area contributed by atoms with Gasteiger partial charge in [0.2, 0.25) is 5.88 Å². The Bertz CT molecular complexity index is 653. The summed E-state index contributed by atoms with van der Waals surface area (Å²) in [7, 11) is 1.96. The van der Waals surface area contributed by atoms with Gasteiger partial charge in [0, 0.05) is 25.8 Å². The largest absolute Gasteiger partial charge is 0.472 e. The molecule has 7 heteroatoms. The van der Waals surface area contributed by atoms with Gasteiger partial charge in [0.25, 0.3) is 0 Å². The van der Waals surface area contributed by atoms with Crippen molar-refractivity contribution in [1.29, 1.82) is 0 Å². The molecule has 1 saturated heterocycles. The Hall–Kier alpha value is -2.02. The van der Waals surface area contributed by atoms with E-state index in [9.17, 15) is 13.2 Å². The first-order valence-corrected chi connectivity index (χ1v) is 7.38. The van der Waals surface area contributed by atoms with Gasteiger partial charge in [0.05, 0.1) is 5.56 Å². The Balaban J connectivity index is 1.47. The molecule has 1 aliphatic rings. The molecular weight excluding hydrogens is 304 g/mol. The van der Waals surface area contributed by atoms with Crippen LogP contribution in [0.25, 0.3) is 0 Å². The summed E-state index contributed by atoms with van der Waals surface area (Å²) in [6, 6.07) is 9.09. The second-order valence-electron chi connectivity index (χ2n) is 5.80. The molecule has 120 valence electrons. The molecule has 0 atom stereocenters. The van der Waals surface area contributed by atoms with E-state index in [4.69, 9.17) is 4.74 Å². The summed E-state index contributed by atoms with van der Waals surface area (Å²) < 4.78 is 43.3. The van der Waals surface area contributed by atoms with Gasteiger partial charge < -0.3 is 4.74 Å². The maximum atomic E-state index is 12.5. The van der Waals surface area contributed by atoms with Gasteiger partial charge >= 0.3 is 6.18 Å². The van der Waals surface area contributed by atoms with Crippen LogP contribution in [0.2, 0.25) is 0 Å². The molecule has 3 rings (SSSR count). The Labute approximate surface area is 133 Å². The fraction of sp³-hybridized carbons (Fsp3) is 0.312. The second kappa shape index (κ2) is 6.24. The predicted octanol–water partition coefficient (Wildman–Crippen LogP) is 1.62. The Morgan fingerprint density at radius 3 is 2.39 bits per heavy atom. The van der Waals surface area contributed by atoms with Gasteiger partial charge in [-0.1, -0.05) is 23.7 Å². The van der Waals surface area contributed by atoms with E-state index in [0.29, 0.717) is 12.4 Å². The van der Waals surface area contributed by atoms with Crippen LogP contribution in [0.1, 0.15) is 11.1 Å². The van der Waals surface area contributed by atoms with Crippen LogP contribution in [0.5, 0.6) is 5.88 Å². The summed E-state index contributed by atoms with van der Waals surface area (Å²) >= 11 is 0. The molecule has 1 fully saturated rings. The summed E-state index contributed by atoms with van der Waals surface area (Å²) in [5.41, 5.74) is 1.33. The minimum absolute atomic E-state index is 0.0830.